The zero-order chi connectivity index (χ0) is 17.5. The Labute approximate surface area is 156 Å². The molecule has 0 aliphatic carbocycles. The Morgan fingerprint density at radius 2 is 2.33 bits per heavy atom. The predicted octanol–water partition coefficient (Wildman–Crippen LogP) is 3.45. The van der Waals surface area contributed by atoms with E-state index in [1.165, 1.54) is 30.7 Å². The van der Waals surface area contributed by atoms with Gasteiger partial charge in [-0.1, -0.05) is 0 Å². The van der Waals surface area contributed by atoms with Gasteiger partial charge in [-0.15, -0.1) is 11.3 Å². The molecule has 0 aliphatic heterocycles. The molecule has 0 amide bonds. The molecule has 0 aliphatic rings. The Morgan fingerprint density at radius 1 is 1.54 bits per heavy atom. The molecule has 2 rings (SSSR count). The van der Waals surface area contributed by atoms with E-state index in [9.17, 15) is 9.18 Å². The van der Waals surface area contributed by atoms with Gasteiger partial charge in [-0.05, 0) is 47.2 Å². The van der Waals surface area contributed by atoms with Crippen LogP contribution in [-0.4, -0.2) is 30.9 Å². The maximum atomic E-state index is 13.8. The fourth-order valence-corrected chi connectivity index (χ4v) is 3.31. The van der Waals surface area contributed by atoms with Gasteiger partial charge in [0.25, 0.3) is 0 Å². The van der Waals surface area contributed by atoms with Crippen LogP contribution in [0.1, 0.15) is 18.2 Å². The molecular formula is C15H15FIN3O3S. The molecule has 0 spiro atoms. The first-order chi connectivity index (χ1) is 11.5. The zero-order valence-corrected chi connectivity index (χ0v) is 16.0. The molecule has 9 heteroatoms. The number of esters is 1. The lowest BCUT2D eigenvalue weighted by molar-refractivity contribution is -0.142. The van der Waals surface area contributed by atoms with Crippen molar-refractivity contribution >= 4 is 51.2 Å². The molecule has 1 aromatic carbocycles. The molecule has 0 atom stereocenters. The first-order valence-electron chi connectivity index (χ1n) is 6.95. The van der Waals surface area contributed by atoms with Gasteiger partial charge >= 0.3 is 5.97 Å². The van der Waals surface area contributed by atoms with Gasteiger partial charge in [0.2, 0.25) is 5.13 Å². The van der Waals surface area contributed by atoms with Crippen molar-refractivity contribution in [2.24, 2.45) is 5.10 Å². The Kier molecular flexibility index (Phi) is 6.91. The van der Waals surface area contributed by atoms with Gasteiger partial charge in [-0.2, -0.15) is 5.10 Å². The van der Waals surface area contributed by atoms with Crippen molar-refractivity contribution in [2.45, 2.75) is 13.3 Å². The van der Waals surface area contributed by atoms with E-state index in [1.807, 2.05) is 22.6 Å². The maximum Gasteiger partial charge on any atom is 0.311 e. The average molecular weight is 463 g/mol. The van der Waals surface area contributed by atoms with Crippen molar-refractivity contribution in [2.75, 3.05) is 19.1 Å². The second-order valence-corrected chi connectivity index (χ2v) is 6.53. The highest BCUT2D eigenvalue weighted by Gasteiger charge is 2.09. The molecule has 1 heterocycles. The summed E-state index contributed by atoms with van der Waals surface area (Å²) in [7, 11) is 1.42. The van der Waals surface area contributed by atoms with Crippen LogP contribution in [0.4, 0.5) is 9.52 Å². The molecule has 0 saturated carbocycles. The molecule has 0 bridgehead atoms. The summed E-state index contributed by atoms with van der Waals surface area (Å²) in [6.45, 7) is 2.10. The number of hydrogen-bond acceptors (Lipinski definition) is 7. The number of halogens is 2. The van der Waals surface area contributed by atoms with Crippen LogP contribution in [0.15, 0.2) is 22.6 Å². The van der Waals surface area contributed by atoms with Crippen molar-refractivity contribution in [1.82, 2.24) is 4.98 Å². The van der Waals surface area contributed by atoms with E-state index >= 15 is 0 Å². The number of hydrazone groups is 1. The van der Waals surface area contributed by atoms with E-state index in [2.05, 4.69) is 15.5 Å². The minimum atomic E-state index is -0.447. The second-order valence-electron chi connectivity index (χ2n) is 4.51. The molecule has 6 nitrogen and oxygen atoms in total. The number of ether oxygens (including phenoxy) is 2. The number of nitrogens with one attached hydrogen (secondary N) is 1. The van der Waals surface area contributed by atoms with E-state index in [1.54, 1.807) is 18.4 Å². The van der Waals surface area contributed by atoms with Crippen LogP contribution in [0.25, 0.3) is 0 Å². The maximum absolute atomic E-state index is 13.8. The van der Waals surface area contributed by atoms with Crippen LogP contribution in [0.2, 0.25) is 0 Å². The minimum absolute atomic E-state index is 0.123. The van der Waals surface area contributed by atoms with Crippen LogP contribution in [0.3, 0.4) is 0 Å². The third kappa shape index (κ3) is 5.13. The van der Waals surface area contributed by atoms with Gasteiger partial charge in [0.05, 0.1) is 35.6 Å². The highest BCUT2D eigenvalue weighted by molar-refractivity contribution is 14.1. The smallest absolute Gasteiger partial charge is 0.311 e. The summed E-state index contributed by atoms with van der Waals surface area (Å²) in [5, 5.41) is 6.32. The molecule has 2 aromatic rings. The number of methoxy groups -OCH3 is 1. The lowest BCUT2D eigenvalue weighted by Gasteiger charge is -2.05. The molecule has 0 saturated heterocycles. The first-order valence-corrected chi connectivity index (χ1v) is 8.91. The van der Waals surface area contributed by atoms with Gasteiger partial charge < -0.3 is 9.47 Å². The van der Waals surface area contributed by atoms with Crippen LogP contribution in [0.5, 0.6) is 5.75 Å². The molecule has 128 valence electrons. The number of carbonyl (C=O) groups is 1. The standard InChI is InChI=1S/C15H15FIN3O3S/c1-3-23-13(21)6-10-8-24-15(19-10)20-18-7-9-4-11(16)14(22-2)12(17)5-9/h4-5,7-8H,3,6H2,1-2H3,(H,19,20). The molecule has 1 aromatic heterocycles. The van der Waals surface area contributed by atoms with Gasteiger partial charge in [-0.3, -0.25) is 10.2 Å². The zero-order valence-electron chi connectivity index (χ0n) is 13.0. The van der Waals surface area contributed by atoms with E-state index in [4.69, 9.17) is 9.47 Å². The summed E-state index contributed by atoms with van der Waals surface area (Å²) in [6, 6.07) is 3.09. The Bertz CT molecular complexity index is 728. The number of nitrogens with zero attached hydrogens (tertiary/aromatic N) is 2. The van der Waals surface area contributed by atoms with Crippen molar-refractivity contribution < 1.29 is 18.7 Å². The van der Waals surface area contributed by atoms with Crippen molar-refractivity contribution in [3.63, 3.8) is 0 Å². The summed E-state index contributed by atoms with van der Waals surface area (Å²) in [4.78, 5) is 15.6. The summed E-state index contributed by atoms with van der Waals surface area (Å²) in [5.74, 6) is -0.554. The van der Waals surface area contributed by atoms with Gasteiger partial charge in [0, 0.05) is 5.38 Å². The van der Waals surface area contributed by atoms with Crippen LogP contribution >= 0.6 is 33.9 Å². The third-order valence-electron chi connectivity index (χ3n) is 2.78. The summed E-state index contributed by atoms with van der Waals surface area (Å²) in [6.07, 6.45) is 1.61. The topological polar surface area (TPSA) is 72.8 Å². The van der Waals surface area contributed by atoms with E-state index in [-0.39, 0.29) is 18.1 Å². The quantitative estimate of drug-likeness (QED) is 0.295. The lowest BCUT2D eigenvalue weighted by atomic mass is 10.2. The lowest BCUT2D eigenvalue weighted by Crippen LogP contribution is -2.07. The number of thiazole rings is 1. The van der Waals surface area contributed by atoms with E-state index in [0.717, 1.165) is 0 Å². The normalized spacial score (nSPS) is 10.8. The van der Waals surface area contributed by atoms with Crippen molar-refractivity contribution in [3.8, 4) is 5.75 Å². The van der Waals surface area contributed by atoms with Crippen LogP contribution in [-0.2, 0) is 16.0 Å². The average Bonchev–Trinajstić information content (AvgIpc) is 2.94. The van der Waals surface area contributed by atoms with E-state index < -0.39 is 5.82 Å². The fourth-order valence-electron chi connectivity index (χ4n) is 1.81. The number of carbonyl (C=O) groups excluding carboxylic acids is 1. The minimum Gasteiger partial charge on any atom is -0.493 e. The Morgan fingerprint density at radius 3 is 3.00 bits per heavy atom. The highest BCUT2D eigenvalue weighted by Crippen LogP contribution is 2.25. The second kappa shape index (κ2) is 8.92. The van der Waals surface area contributed by atoms with Crippen molar-refractivity contribution in [3.05, 3.63) is 38.2 Å². The van der Waals surface area contributed by atoms with Gasteiger partial charge in [-0.25, -0.2) is 9.37 Å². The van der Waals surface area contributed by atoms with Crippen LogP contribution in [0, 0.1) is 9.39 Å². The number of benzene rings is 1. The largest absolute Gasteiger partial charge is 0.493 e. The predicted molar refractivity (Wildman–Crippen MR) is 99.3 cm³/mol. The molecule has 24 heavy (non-hydrogen) atoms. The number of rotatable bonds is 7. The SMILES string of the molecule is CCOC(=O)Cc1csc(NN=Cc2cc(F)c(OC)c(I)c2)n1. The number of aromatic nitrogens is 1. The summed E-state index contributed by atoms with van der Waals surface area (Å²) < 4.78 is 24.3. The summed E-state index contributed by atoms with van der Waals surface area (Å²) >= 11 is 3.31. The molecule has 0 fully saturated rings. The monoisotopic (exact) mass is 463 g/mol. The Balaban J connectivity index is 1.97. The Hall–Kier alpha value is -1.75. The highest BCUT2D eigenvalue weighted by atomic mass is 127. The first kappa shape index (κ1) is 18.6. The fraction of sp³-hybridized carbons (Fsp3) is 0.267. The van der Waals surface area contributed by atoms with Gasteiger partial charge in [0.15, 0.2) is 11.6 Å². The van der Waals surface area contributed by atoms with Crippen LogP contribution < -0.4 is 10.2 Å². The molecular weight excluding hydrogens is 448 g/mol. The van der Waals surface area contributed by atoms with Gasteiger partial charge in [0.1, 0.15) is 0 Å². The number of hydrogen-bond donors (Lipinski definition) is 1. The van der Waals surface area contributed by atoms with Crippen molar-refractivity contribution in [1.29, 1.82) is 0 Å². The third-order valence-corrected chi connectivity index (χ3v) is 4.38. The summed E-state index contributed by atoms with van der Waals surface area (Å²) in [5.41, 5.74) is 3.96. The molecule has 0 unspecified atom stereocenters. The molecule has 1 N–H and O–H groups in total. The van der Waals surface area contributed by atoms with E-state index in [0.29, 0.717) is 26.6 Å². The molecule has 0 radical (unpaired) electrons. The number of anilines is 1.